The first kappa shape index (κ1) is 31.2. The van der Waals surface area contributed by atoms with Crippen LogP contribution < -0.4 is 0 Å². The largest absolute Gasteiger partial charge is 0 e. The topological polar surface area (TPSA) is 76.8 Å². The summed E-state index contributed by atoms with van der Waals surface area (Å²) in [4.78, 5) is 11.2. The summed E-state index contributed by atoms with van der Waals surface area (Å²) in [6, 6.07) is 10.0. The Kier molecular flexibility index (Phi) is 21.4. The van der Waals surface area contributed by atoms with Gasteiger partial charge in [-0.1, -0.05) is 76.3 Å². The summed E-state index contributed by atoms with van der Waals surface area (Å²) >= 11 is 0. The Hall–Kier alpha value is -1.63. The smallest absolute Gasteiger partial charge is 0 e. The minimum atomic E-state index is -1.78. The second-order valence-corrected chi connectivity index (χ2v) is 11.4. The molecule has 0 heterocycles. The zero-order valence-electron chi connectivity index (χ0n) is 15.0. The van der Waals surface area contributed by atoms with Gasteiger partial charge in [-0.05, 0) is 10.6 Å². The summed E-state index contributed by atoms with van der Waals surface area (Å²) in [5.41, 5.74) is 1.11. The van der Waals surface area contributed by atoms with E-state index in [2.05, 4.69) is 59.8 Å². The van der Waals surface area contributed by atoms with Gasteiger partial charge in [0.2, 0.25) is 0 Å². The second kappa shape index (κ2) is 17.2. The van der Waals surface area contributed by atoms with Crippen LogP contribution >= 0.6 is 0 Å². The van der Waals surface area contributed by atoms with Crippen molar-refractivity contribution in [2.75, 3.05) is 0 Å². The van der Waals surface area contributed by atoms with Crippen molar-refractivity contribution in [2.45, 2.75) is 38.9 Å². The van der Waals surface area contributed by atoms with Gasteiger partial charge in [-0.25, -0.2) is 4.79 Å². The molecule has 4 nitrogen and oxygen atoms in total. The number of carbonyl (C=O) groups excluding carboxylic acids is 1. The van der Waals surface area contributed by atoms with Crippen LogP contribution in [-0.4, -0.2) is 14.0 Å². The molecule has 0 amide bonds. The molecule has 0 aliphatic heterocycles. The third-order valence-corrected chi connectivity index (χ3v) is 9.27. The minimum Gasteiger partial charge on any atom is 0 e. The molecule has 0 saturated heterocycles. The maximum Gasteiger partial charge on any atom is 0 e. The van der Waals surface area contributed by atoms with E-state index in [4.69, 9.17) is 14.0 Å². The number of hydrogen-bond acceptors (Lipinski definition) is 1. The van der Waals surface area contributed by atoms with Gasteiger partial charge in [0.05, 0.1) is 0 Å². The average Bonchev–Trinajstić information content (AvgIpc) is 2.60. The summed E-state index contributed by atoms with van der Waals surface area (Å²) in [5, 5.41) is 1.000. The van der Waals surface area contributed by atoms with Crippen LogP contribution in [0.4, 0.5) is 0 Å². The molecule has 0 N–H and O–H groups in total. The van der Waals surface area contributed by atoms with Crippen LogP contribution in [0, 0.1) is 20.0 Å². The fraction of sp³-hybridized carbons (Fsp3) is 0.316. The standard InChI is InChI=1S/C16H22OSi.3CO.Fe/c1-16(2,3)18(4,5)15(13-17)12-11-14-9-7-6-8-10-14;3*1-2;/h6-12H,1-5H3;;;;/b12-11+;;;;. The first-order valence-electron chi connectivity index (χ1n) is 6.89. The van der Waals surface area contributed by atoms with Crippen LogP contribution in [0.1, 0.15) is 26.3 Å². The fourth-order valence-electron chi connectivity index (χ4n) is 1.52. The Balaban J connectivity index is -0.000000284. The summed E-state index contributed by atoms with van der Waals surface area (Å²) in [6.07, 6.45) is 3.94. The number of benzene rings is 1. The van der Waals surface area contributed by atoms with Gasteiger partial charge < -0.3 is 0 Å². The third-order valence-electron chi connectivity index (χ3n) is 3.90. The minimum absolute atomic E-state index is 0. The van der Waals surface area contributed by atoms with Crippen molar-refractivity contribution < 1.29 is 35.8 Å². The molecule has 0 bridgehead atoms. The normalized spacial score (nSPS) is 9.24. The molecule has 0 spiro atoms. The van der Waals surface area contributed by atoms with Crippen LogP contribution in [0.5, 0.6) is 0 Å². The average molecular weight is 398 g/mol. The molecule has 0 aliphatic rings. The van der Waals surface area contributed by atoms with Gasteiger partial charge in [0, 0.05) is 22.3 Å². The predicted molar refractivity (Wildman–Crippen MR) is 93.7 cm³/mol. The zero-order valence-corrected chi connectivity index (χ0v) is 17.1. The molecular formula is C19H22FeO4Si. The Morgan fingerprint density at radius 3 is 1.72 bits per heavy atom. The van der Waals surface area contributed by atoms with Gasteiger partial charge in [0.15, 0.2) is 0 Å². The molecule has 134 valence electrons. The second-order valence-electron chi connectivity index (χ2n) is 6.13. The molecule has 0 aliphatic carbocycles. The first-order chi connectivity index (χ1) is 11.3. The molecule has 1 rings (SSSR count). The van der Waals surface area contributed by atoms with Crippen LogP contribution in [0.15, 0.2) is 41.6 Å². The van der Waals surface area contributed by atoms with Gasteiger partial charge in [-0.2, -0.15) is 0 Å². The molecule has 25 heavy (non-hydrogen) atoms. The van der Waals surface area contributed by atoms with Gasteiger partial charge in [-0.3, -0.25) is 0 Å². The zero-order chi connectivity index (χ0) is 19.8. The molecule has 1 aromatic rings. The van der Waals surface area contributed by atoms with E-state index >= 15 is 0 Å². The van der Waals surface area contributed by atoms with Crippen LogP contribution in [0.3, 0.4) is 0 Å². The predicted octanol–water partition coefficient (Wildman–Crippen LogP) is 4.39. The summed E-state index contributed by atoms with van der Waals surface area (Å²) in [5.74, 6) is 2.16. The molecule has 0 radical (unpaired) electrons. The molecule has 1 aromatic carbocycles. The van der Waals surface area contributed by atoms with E-state index in [-0.39, 0.29) is 22.1 Å². The van der Waals surface area contributed by atoms with Crippen molar-refractivity contribution in [3.05, 3.63) is 67.1 Å². The molecule has 0 saturated carbocycles. The van der Waals surface area contributed by atoms with Crippen LogP contribution in [0.2, 0.25) is 18.1 Å². The number of allylic oxidation sites excluding steroid dienone is 2. The quantitative estimate of drug-likeness (QED) is 0.245. The molecule has 0 atom stereocenters. The summed E-state index contributed by atoms with van der Waals surface area (Å²) in [6.45, 7) is 24.6. The Labute approximate surface area is 162 Å². The van der Waals surface area contributed by atoms with Gasteiger partial charge >= 0.3 is 33.9 Å². The van der Waals surface area contributed by atoms with E-state index in [1.54, 1.807) is 0 Å². The van der Waals surface area contributed by atoms with Crippen LogP contribution in [-0.2, 0) is 35.8 Å². The molecule has 0 fully saturated rings. The molecule has 6 heteroatoms. The molecular weight excluding hydrogens is 376 g/mol. The Bertz CT molecular complexity index is 588. The van der Waals surface area contributed by atoms with E-state index < -0.39 is 8.07 Å². The maximum absolute atomic E-state index is 11.2. The van der Waals surface area contributed by atoms with Gasteiger partial charge in [0.1, 0.15) is 14.0 Å². The first-order valence-corrected chi connectivity index (χ1v) is 9.89. The molecule has 0 aromatic heterocycles. The monoisotopic (exact) mass is 398 g/mol. The van der Waals surface area contributed by atoms with E-state index in [0.717, 1.165) is 10.8 Å². The van der Waals surface area contributed by atoms with E-state index in [9.17, 15) is 4.79 Å². The van der Waals surface area contributed by atoms with E-state index in [1.165, 1.54) is 0 Å². The number of rotatable bonds is 3. The van der Waals surface area contributed by atoms with Crippen molar-refractivity contribution in [2.24, 2.45) is 0 Å². The summed E-state index contributed by atoms with van der Waals surface area (Å²) in [7, 11) is -1.78. The van der Waals surface area contributed by atoms with E-state index in [1.807, 2.05) is 42.5 Å². The third kappa shape index (κ3) is 11.5. The Morgan fingerprint density at radius 2 is 1.40 bits per heavy atom. The van der Waals surface area contributed by atoms with Crippen molar-refractivity contribution in [1.82, 2.24) is 0 Å². The van der Waals surface area contributed by atoms with Crippen molar-refractivity contribution >= 4 is 20.1 Å². The van der Waals surface area contributed by atoms with Crippen molar-refractivity contribution in [1.29, 1.82) is 0 Å². The maximum atomic E-state index is 11.2. The van der Waals surface area contributed by atoms with Gasteiger partial charge in [-0.15, -0.1) is 0 Å². The van der Waals surface area contributed by atoms with Crippen LogP contribution in [0.25, 0.3) is 6.08 Å². The molecule has 0 unspecified atom stereocenters. The fourth-order valence-corrected chi connectivity index (χ4v) is 3.08. The van der Waals surface area contributed by atoms with Crippen molar-refractivity contribution in [3.63, 3.8) is 0 Å². The summed E-state index contributed by atoms with van der Waals surface area (Å²) < 4.78 is 22.5. The Morgan fingerprint density at radius 1 is 1.00 bits per heavy atom. The number of hydrogen-bond donors (Lipinski definition) is 0. The van der Waals surface area contributed by atoms with E-state index in [0.29, 0.717) is 0 Å². The van der Waals surface area contributed by atoms with Crippen molar-refractivity contribution in [3.8, 4) is 0 Å². The SMILES string of the molecule is CC(C)(C)[Si](C)(C)C(=C=O)/C=C/c1ccccc1.[C-]#[O+].[C-]#[O+].[C-]#[O+].[Fe]. The van der Waals surface area contributed by atoms with Gasteiger partial charge in [0.25, 0.3) is 0 Å².